The Morgan fingerprint density at radius 3 is 2.00 bits per heavy atom. The molecule has 0 aromatic heterocycles. The van der Waals surface area contributed by atoms with Gasteiger partial charge in [0, 0.05) is 28.9 Å². The van der Waals surface area contributed by atoms with Gasteiger partial charge in [0.15, 0.2) is 0 Å². The quantitative estimate of drug-likeness (QED) is 0.478. The molecule has 0 aliphatic rings. The van der Waals surface area contributed by atoms with E-state index in [4.69, 9.17) is 23.2 Å². The zero-order valence-electron chi connectivity index (χ0n) is 15.9. The van der Waals surface area contributed by atoms with E-state index in [1.165, 1.54) is 0 Å². The maximum absolute atomic E-state index is 12.4. The first kappa shape index (κ1) is 21.2. The van der Waals surface area contributed by atoms with Crippen molar-refractivity contribution in [1.82, 2.24) is 5.32 Å². The first-order valence-corrected chi connectivity index (χ1v) is 10.3. The van der Waals surface area contributed by atoms with Gasteiger partial charge in [0.1, 0.15) is 5.75 Å². The summed E-state index contributed by atoms with van der Waals surface area (Å²) in [5.41, 5.74) is 3.31. The van der Waals surface area contributed by atoms with E-state index in [9.17, 15) is 9.90 Å². The first-order chi connectivity index (χ1) is 14.0. The molecule has 0 fully saturated rings. The van der Waals surface area contributed by atoms with Gasteiger partial charge in [-0.1, -0.05) is 59.6 Å². The molecular formula is C24H23Cl2NO2. The van der Waals surface area contributed by atoms with E-state index in [0.29, 0.717) is 29.4 Å². The molecule has 1 amide bonds. The molecule has 2 N–H and O–H groups in total. The number of hydrogen-bond acceptors (Lipinski definition) is 2. The standard InChI is InChI=1S/C24H23Cl2NO2/c25-21-8-1-18(2-9-21)15-20(19-6-10-22(26)11-7-19)16-27-24(29)14-5-17-3-12-23(28)13-4-17/h1-4,6-13,20,28H,5,14-16H2,(H,27,29)/t20-/m0/s1. The summed E-state index contributed by atoms with van der Waals surface area (Å²) >= 11 is 12.0. The van der Waals surface area contributed by atoms with Gasteiger partial charge in [0.05, 0.1) is 0 Å². The van der Waals surface area contributed by atoms with Crippen LogP contribution in [0.3, 0.4) is 0 Å². The number of amides is 1. The number of phenolic OH excluding ortho intramolecular Hbond substituents is 1. The van der Waals surface area contributed by atoms with Gasteiger partial charge in [0.25, 0.3) is 0 Å². The highest BCUT2D eigenvalue weighted by Gasteiger charge is 2.14. The molecule has 29 heavy (non-hydrogen) atoms. The molecule has 0 saturated carbocycles. The van der Waals surface area contributed by atoms with Crippen LogP contribution >= 0.6 is 23.2 Å². The van der Waals surface area contributed by atoms with Gasteiger partial charge >= 0.3 is 0 Å². The predicted molar refractivity (Wildman–Crippen MR) is 119 cm³/mol. The third-order valence-electron chi connectivity index (χ3n) is 4.86. The van der Waals surface area contributed by atoms with Crippen molar-refractivity contribution in [3.05, 3.63) is 99.5 Å². The highest BCUT2D eigenvalue weighted by molar-refractivity contribution is 6.30. The molecular weight excluding hydrogens is 405 g/mol. The van der Waals surface area contributed by atoms with Crippen LogP contribution in [0.2, 0.25) is 10.0 Å². The summed E-state index contributed by atoms with van der Waals surface area (Å²) in [5.74, 6) is 0.366. The van der Waals surface area contributed by atoms with Crippen molar-refractivity contribution >= 4 is 29.1 Å². The van der Waals surface area contributed by atoms with Crippen molar-refractivity contribution in [3.63, 3.8) is 0 Å². The maximum atomic E-state index is 12.4. The monoisotopic (exact) mass is 427 g/mol. The van der Waals surface area contributed by atoms with Gasteiger partial charge in [0.2, 0.25) is 5.91 Å². The Bertz CT molecular complexity index is 923. The second kappa shape index (κ2) is 10.3. The summed E-state index contributed by atoms with van der Waals surface area (Å²) in [6, 6.07) is 22.5. The molecule has 0 aliphatic heterocycles. The van der Waals surface area contributed by atoms with E-state index in [2.05, 4.69) is 5.32 Å². The minimum absolute atomic E-state index is 0.00754. The highest BCUT2D eigenvalue weighted by Crippen LogP contribution is 2.23. The fraction of sp³-hybridized carbons (Fsp3) is 0.208. The van der Waals surface area contributed by atoms with E-state index in [1.54, 1.807) is 12.1 Å². The van der Waals surface area contributed by atoms with E-state index in [-0.39, 0.29) is 17.6 Å². The molecule has 0 bridgehead atoms. The third-order valence-corrected chi connectivity index (χ3v) is 5.36. The maximum Gasteiger partial charge on any atom is 0.220 e. The number of rotatable bonds is 8. The zero-order chi connectivity index (χ0) is 20.6. The minimum Gasteiger partial charge on any atom is -0.508 e. The summed E-state index contributed by atoms with van der Waals surface area (Å²) in [4.78, 5) is 12.4. The smallest absolute Gasteiger partial charge is 0.220 e. The number of aryl methyl sites for hydroxylation is 1. The molecule has 150 valence electrons. The van der Waals surface area contributed by atoms with Crippen LogP contribution in [-0.2, 0) is 17.6 Å². The molecule has 1 atom stereocenters. The Morgan fingerprint density at radius 2 is 1.38 bits per heavy atom. The molecule has 3 rings (SSSR count). The molecule has 3 aromatic carbocycles. The zero-order valence-corrected chi connectivity index (χ0v) is 17.5. The van der Waals surface area contributed by atoms with Crippen molar-refractivity contribution in [1.29, 1.82) is 0 Å². The lowest BCUT2D eigenvalue weighted by molar-refractivity contribution is -0.121. The van der Waals surface area contributed by atoms with Crippen LogP contribution in [0.4, 0.5) is 0 Å². The predicted octanol–water partition coefficient (Wildman–Crippen LogP) is 5.77. The fourth-order valence-corrected chi connectivity index (χ4v) is 3.45. The summed E-state index contributed by atoms with van der Waals surface area (Å²) in [5, 5.41) is 13.8. The number of phenols is 1. The van der Waals surface area contributed by atoms with Gasteiger partial charge < -0.3 is 10.4 Å². The number of nitrogens with one attached hydrogen (secondary N) is 1. The Labute approximate surface area is 181 Å². The van der Waals surface area contributed by atoms with Crippen molar-refractivity contribution in [2.45, 2.75) is 25.2 Å². The van der Waals surface area contributed by atoms with Crippen LogP contribution in [0.15, 0.2) is 72.8 Å². The largest absolute Gasteiger partial charge is 0.508 e. The number of aromatic hydroxyl groups is 1. The van der Waals surface area contributed by atoms with Crippen LogP contribution < -0.4 is 5.32 Å². The second-order valence-corrected chi connectivity index (χ2v) is 7.92. The summed E-state index contributed by atoms with van der Waals surface area (Å²) < 4.78 is 0. The summed E-state index contributed by atoms with van der Waals surface area (Å²) in [6.07, 6.45) is 1.82. The van der Waals surface area contributed by atoms with Crippen molar-refractivity contribution < 1.29 is 9.90 Å². The molecule has 3 nitrogen and oxygen atoms in total. The fourth-order valence-electron chi connectivity index (χ4n) is 3.19. The molecule has 5 heteroatoms. The Morgan fingerprint density at radius 1 is 0.828 bits per heavy atom. The SMILES string of the molecule is O=C(CCc1ccc(O)cc1)NC[C@H](Cc1ccc(Cl)cc1)c1ccc(Cl)cc1. The van der Waals surface area contributed by atoms with Gasteiger partial charge in [-0.15, -0.1) is 0 Å². The third kappa shape index (κ3) is 6.81. The van der Waals surface area contributed by atoms with Crippen LogP contribution in [0.25, 0.3) is 0 Å². The summed E-state index contributed by atoms with van der Waals surface area (Å²) in [6.45, 7) is 0.540. The van der Waals surface area contributed by atoms with Crippen LogP contribution in [0, 0.1) is 0 Å². The molecule has 0 unspecified atom stereocenters. The number of hydrogen-bond donors (Lipinski definition) is 2. The molecule has 0 spiro atoms. The Kier molecular flexibility index (Phi) is 7.56. The Hall–Kier alpha value is -2.49. The van der Waals surface area contributed by atoms with Gasteiger partial charge in [-0.05, 0) is 65.9 Å². The van der Waals surface area contributed by atoms with Crippen LogP contribution in [-0.4, -0.2) is 17.6 Å². The molecule has 0 radical (unpaired) electrons. The van der Waals surface area contributed by atoms with Crippen molar-refractivity contribution in [2.75, 3.05) is 6.54 Å². The Balaban J connectivity index is 1.61. The van der Waals surface area contributed by atoms with Crippen molar-refractivity contribution in [2.24, 2.45) is 0 Å². The minimum atomic E-state index is 0.00754. The van der Waals surface area contributed by atoms with E-state index in [0.717, 1.165) is 23.1 Å². The van der Waals surface area contributed by atoms with E-state index >= 15 is 0 Å². The lowest BCUT2D eigenvalue weighted by Crippen LogP contribution is -2.29. The first-order valence-electron chi connectivity index (χ1n) is 9.54. The lowest BCUT2D eigenvalue weighted by Gasteiger charge is -2.19. The molecule has 0 saturated heterocycles. The topological polar surface area (TPSA) is 49.3 Å². The number of benzene rings is 3. The number of carbonyl (C=O) groups excluding carboxylic acids is 1. The van der Waals surface area contributed by atoms with E-state index < -0.39 is 0 Å². The average molecular weight is 428 g/mol. The van der Waals surface area contributed by atoms with Crippen LogP contribution in [0.1, 0.15) is 29.0 Å². The molecule has 3 aromatic rings. The van der Waals surface area contributed by atoms with Crippen molar-refractivity contribution in [3.8, 4) is 5.75 Å². The number of halogens is 2. The summed E-state index contributed by atoms with van der Waals surface area (Å²) in [7, 11) is 0. The second-order valence-electron chi connectivity index (χ2n) is 7.05. The average Bonchev–Trinajstić information content (AvgIpc) is 2.73. The van der Waals surface area contributed by atoms with E-state index in [1.807, 2.05) is 60.7 Å². The molecule has 0 heterocycles. The van der Waals surface area contributed by atoms with Gasteiger partial charge in [-0.3, -0.25) is 4.79 Å². The van der Waals surface area contributed by atoms with Crippen LogP contribution in [0.5, 0.6) is 5.75 Å². The highest BCUT2D eigenvalue weighted by atomic mass is 35.5. The lowest BCUT2D eigenvalue weighted by atomic mass is 9.92. The number of carbonyl (C=O) groups is 1. The normalized spacial score (nSPS) is 11.8. The van der Waals surface area contributed by atoms with Gasteiger partial charge in [-0.2, -0.15) is 0 Å². The molecule has 0 aliphatic carbocycles. The van der Waals surface area contributed by atoms with Gasteiger partial charge in [-0.25, -0.2) is 0 Å².